The molecule has 0 fully saturated rings. The molecule has 0 saturated carbocycles. The largest absolute Gasteiger partial charge is 0.258 e. The summed E-state index contributed by atoms with van der Waals surface area (Å²) in [6, 6.07) is 11.8. The van der Waals surface area contributed by atoms with Gasteiger partial charge in [-0.05, 0) is 22.9 Å². The first-order chi connectivity index (χ1) is 6.97. The van der Waals surface area contributed by atoms with E-state index < -0.39 is 0 Å². The summed E-state index contributed by atoms with van der Waals surface area (Å²) in [7, 11) is 0. The van der Waals surface area contributed by atoms with E-state index in [1.165, 1.54) is 0 Å². The van der Waals surface area contributed by atoms with Gasteiger partial charge in [0, 0.05) is 0 Å². The van der Waals surface area contributed by atoms with Gasteiger partial charge in [0.05, 0.1) is 5.52 Å². The van der Waals surface area contributed by atoms with Gasteiger partial charge in [-0.15, -0.1) is 5.10 Å². The van der Waals surface area contributed by atoms with Crippen LogP contribution in [0.5, 0.6) is 0 Å². The number of hydrogen-bond donors (Lipinski definition) is 1. The summed E-state index contributed by atoms with van der Waals surface area (Å²) in [5, 5.41) is 14.3. The Morgan fingerprint density at radius 2 is 1.79 bits per heavy atom. The van der Waals surface area contributed by atoms with Gasteiger partial charge in [0.15, 0.2) is 0 Å². The number of H-pyrrole nitrogens is 1. The quantitative estimate of drug-likeness (QED) is 0.610. The van der Waals surface area contributed by atoms with Crippen LogP contribution in [0.25, 0.3) is 11.0 Å². The van der Waals surface area contributed by atoms with Crippen molar-refractivity contribution in [3.05, 3.63) is 47.2 Å². The first-order valence-electron chi connectivity index (χ1n) is 4.20. The van der Waals surface area contributed by atoms with Crippen LogP contribution >= 0.6 is 11.3 Å². The van der Waals surface area contributed by atoms with Crippen molar-refractivity contribution in [3.63, 3.8) is 0 Å². The molecule has 0 atom stereocenters. The summed E-state index contributed by atoms with van der Waals surface area (Å²) >= 11 is 1.71. The zero-order valence-electron chi connectivity index (χ0n) is 7.42. The second-order valence-corrected chi connectivity index (χ2v) is 3.44. The molecule has 2 heterocycles. The van der Waals surface area contributed by atoms with Crippen molar-refractivity contribution in [3.8, 4) is 0 Å². The van der Waals surface area contributed by atoms with Gasteiger partial charge >= 0.3 is 0 Å². The highest BCUT2D eigenvalue weighted by molar-refractivity contribution is 7.07. The normalized spacial score (nSPS) is 9.43. The highest BCUT2D eigenvalue weighted by Gasteiger charge is 1.90. The molecule has 4 heteroatoms. The van der Waals surface area contributed by atoms with Crippen LogP contribution in [-0.4, -0.2) is 15.4 Å². The maximum absolute atomic E-state index is 3.81. The van der Waals surface area contributed by atoms with E-state index in [1.54, 1.807) is 11.3 Å². The highest BCUT2D eigenvalue weighted by atomic mass is 32.1. The lowest BCUT2D eigenvalue weighted by atomic mass is 10.3. The molecule has 0 radical (unpaired) electrons. The minimum absolute atomic E-state index is 0.914. The molecule has 0 bridgehead atoms. The van der Waals surface area contributed by atoms with Gasteiger partial charge in [-0.2, -0.15) is 11.3 Å². The zero-order valence-corrected chi connectivity index (χ0v) is 8.24. The molecule has 3 aromatic rings. The molecule has 0 saturated heterocycles. The fraction of sp³-hybridized carbons (Fsp3) is 0. The second kappa shape index (κ2) is 4.53. The second-order valence-electron chi connectivity index (χ2n) is 2.62. The van der Waals surface area contributed by atoms with Crippen molar-refractivity contribution in [2.45, 2.75) is 0 Å². The predicted octanol–water partition coefficient (Wildman–Crippen LogP) is 2.71. The van der Waals surface area contributed by atoms with Crippen LogP contribution in [0.1, 0.15) is 0 Å². The third kappa shape index (κ3) is 2.17. The Morgan fingerprint density at radius 1 is 1.00 bits per heavy atom. The van der Waals surface area contributed by atoms with Gasteiger partial charge in [-0.1, -0.05) is 29.5 Å². The van der Waals surface area contributed by atoms with Gasteiger partial charge in [0.2, 0.25) is 0 Å². The molecule has 1 aromatic carbocycles. The van der Waals surface area contributed by atoms with E-state index >= 15 is 0 Å². The summed E-state index contributed by atoms with van der Waals surface area (Å²) in [5.74, 6) is 0. The number of thiophene rings is 1. The molecule has 0 unspecified atom stereocenters. The lowest BCUT2D eigenvalue weighted by molar-refractivity contribution is 0.959. The SMILES string of the molecule is c1ccc2[nH]nnc2c1.c1ccsc1. The van der Waals surface area contributed by atoms with Crippen molar-refractivity contribution in [1.29, 1.82) is 0 Å². The Hall–Kier alpha value is -1.68. The number of nitrogens with zero attached hydrogens (tertiary/aromatic N) is 2. The van der Waals surface area contributed by atoms with E-state index in [1.807, 2.05) is 47.2 Å². The van der Waals surface area contributed by atoms with E-state index in [9.17, 15) is 0 Å². The average molecular weight is 203 g/mol. The lowest BCUT2D eigenvalue weighted by Crippen LogP contribution is -1.63. The topological polar surface area (TPSA) is 41.6 Å². The summed E-state index contributed by atoms with van der Waals surface area (Å²) in [6.45, 7) is 0. The standard InChI is InChI=1S/C6H5N3.C4H4S/c1-2-4-6-5(3-1)7-9-8-6;1-2-4-5-3-1/h1-4H,(H,7,8,9);1-4H. The number of fused-ring (bicyclic) bond motifs is 1. The van der Waals surface area contributed by atoms with E-state index in [4.69, 9.17) is 0 Å². The molecule has 1 N–H and O–H groups in total. The van der Waals surface area contributed by atoms with Gasteiger partial charge in [0.1, 0.15) is 5.52 Å². The Kier molecular flexibility index (Phi) is 2.88. The maximum Gasteiger partial charge on any atom is 0.112 e. The van der Waals surface area contributed by atoms with Crippen molar-refractivity contribution < 1.29 is 0 Å². The van der Waals surface area contributed by atoms with Crippen LogP contribution in [0.4, 0.5) is 0 Å². The number of aromatic nitrogens is 3. The third-order valence-corrected chi connectivity index (χ3v) is 2.29. The maximum atomic E-state index is 3.81. The van der Waals surface area contributed by atoms with E-state index in [-0.39, 0.29) is 0 Å². The molecule has 14 heavy (non-hydrogen) atoms. The minimum Gasteiger partial charge on any atom is -0.258 e. The fourth-order valence-electron chi connectivity index (χ4n) is 1.01. The molecular weight excluding hydrogens is 194 g/mol. The molecule has 0 spiro atoms. The first-order valence-corrected chi connectivity index (χ1v) is 5.14. The van der Waals surface area contributed by atoms with Gasteiger partial charge in [-0.25, -0.2) is 0 Å². The van der Waals surface area contributed by atoms with Gasteiger partial charge < -0.3 is 0 Å². The number of hydrogen-bond acceptors (Lipinski definition) is 3. The monoisotopic (exact) mass is 203 g/mol. The van der Waals surface area contributed by atoms with Crippen molar-refractivity contribution in [2.75, 3.05) is 0 Å². The lowest BCUT2D eigenvalue weighted by Gasteiger charge is -1.79. The molecule has 3 nitrogen and oxygen atoms in total. The summed E-state index contributed by atoms with van der Waals surface area (Å²) in [4.78, 5) is 0. The molecule has 0 aliphatic heterocycles. The molecule has 0 aliphatic carbocycles. The number of rotatable bonds is 0. The van der Waals surface area contributed by atoms with Crippen LogP contribution in [0.2, 0.25) is 0 Å². The van der Waals surface area contributed by atoms with E-state index in [0.717, 1.165) is 11.0 Å². The number of para-hydroxylation sites is 1. The summed E-state index contributed by atoms with van der Waals surface area (Å²) in [5.41, 5.74) is 1.90. The average Bonchev–Trinajstić information content (AvgIpc) is 2.92. The van der Waals surface area contributed by atoms with Crippen LogP contribution in [0.3, 0.4) is 0 Å². The fourth-order valence-corrected chi connectivity index (χ4v) is 1.47. The Balaban J connectivity index is 0.000000128. The van der Waals surface area contributed by atoms with Crippen LogP contribution in [0.15, 0.2) is 47.2 Å². The van der Waals surface area contributed by atoms with Crippen molar-refractivity contribution >= 4 is 22.4 Å². The Bertz CT molecular complexity index is 425. The predicted molar refractivity (Wildman–Crippen MR) is 58.2 cm³/mol. The number of nitrogens with one attached hydrogen (secondary N) is 1. The van der Waals surface area contributed by atoms with Crippen molar-refractivity contribution in [1.82, 2.24) is 15.4 Å². The summed E-state index contributed by atoms with van der Waals surface area (Å²) in [6.07, 6.45) is 0. The molecule has 3 rings (SSSR count). The van der Waals surface area contributed by atoms with Gasteiger partial charge in [0.25, 0.3) is 0 Å². The smallest absolute Gasteiger partial charge is 0.112 e. The molecule has 2 aromatic heterocycles. The minimum atomic E-state index is 0.914. The van der Waals surface area contributed by atoms with Crippen LogP contribution in [0, 0.1) is 0 Å². The molecule has 70 valence electrons. The van der Waals surface area contributed by atoms with E-state index in [0.29, 0.717) is 0 Å². The van der Waals surface area contributed by atoms with E-state index in [2.05, 4.69) is 15.4 Å². The number of aromatic amines is 1. The first kappa shape index (κ1) is 8.90. The third-order valence-electron chi connectivity index (χ3n) is 1.66. The molecule has 0 aliphatic rings. The summed E-state index contributed by atoms with van der Waals surface area (Å²) < 4.78 is 0. The Morgan fingerprint density at radius 3 is 2.43 bits per heavy atom. The van der Waals surface area contributed by atoms with Crippen LogP contribution in [-0.2, 0) is 0 Å². The van der Waals surface area contributed by atoms with Crippen molar-refractivity contribution in [2.24, 2.45) is 0 Å². The van der Waals surface area contributed by atoms with Gasteiger partial charge in [-0.3, -0.25) is 5.10 Å². The van der Waals surface area contributed by atoms with Crippen LogP contribution < -0.4 is 0 Å². The Labute approximate surface area is 85.4 Å². The molecular formula is C10H9N3S. The highest BCUT2D eigenvalue weighted by Crippen LogP contribution is 2.03. The zero-order chi connectivity index (χ0) is 9.64. The molecule has 0 amide bonds. The number of benzene rings is 1.